The molecule has 152 valence electrons. The van der Waals surface area contributed by atoms with E-state index >= 15 is 0 Å². The average Bonchev–Trinajstić information content (AvgIpc) is 2.73. The summed E-state index contributed by atoms with van der Waals surface area (Å²) in [5.41, 5.74) is 0.460. The third kappa shape index (κ3) is 4.85. The third-order valence-electron chi connectivity index (χ3n) is 4.00. The number of fused-ring (bicyclic) bond motifs is 1. The summed E-state index contributed by atoms with van der Waals surface area (Å²) in [6.45, 7) is 2.03. The van der Waals surface area contributed by atoms with Crippen molar-refractivity contribution >= 4 is 34.5 Å². The summed E-state index contributed by atoms with van der Waals surface area (Å²) < 4.78 is 15.4. The molecule has 0 atom stereocenters. The smallest absolute Gasteiger partial charge is 0.340 e. The summed E-state index contributed by atoms with van der Waals surface area (Å²) in [7, 11) is 0. The van der Waals surface area contributed by atoms with E-state index in [2.05, 4.69) is 4.98 Å². The van der Waals surface area contributed by atoms with Gasteiger partial charge in [-0.25, -0.2) is 4.79 Å². The van der Waals surface area contributed by atoms with Crippen molar-refractivity contribution in [2.24, 2.45) is 0 Å². The number of rotatable bonds is 6. The number of Topliss-reactive ketones (excluding diaryl/α,β-unsaturated/α-hetero) is 1. The molecule has 0 spiro atoms. The molecule has 3 rings (SSSR count). The Morgan fingerprint density at radius 2 is 1.50 bits per heavy atom. The molecule has 8 heteroatoms. The highest BCUT2D eigenvalue weighted by molar-refractivity contribution is 6.04. The van der Waals surface area contributed by atoms with Gasteiger partial charge in [0.05, 0.1) is 5.56 Å². The molecule has 1 heterocycles. The first-order valence-electron chi connectivity index (χ1n) is 8.89. The Morgan fingerprint density at radius 1 is 0.833 bits per heavy atom. The quantitative estimate of drug-likeness (QED) is 0.348. The molecule has 0 N–H and O–H groups in total. The van der Waals surface area contributed by atoms with Gasteiger partial charge in [-0.05, 0) is 36.4 Å². The van der Waals surface area contributed by atoms with Crippen LogP contribution in [0.3, 0.4) is 0 Å². The van der Waals surface area contributed by atoms with Crippen molar-refractivity contribution in [2.45, 2.75) is 13.8 Å². The molecule has 2 aromatic carbocycles. The van der Waals surface area contributed by atoms with Crippen molar-refractivity contribution in [3.05, 3.63) is 66.0 Å². The van der Waals surface area contributed by atoms with Crippen molar-refractivity contribution in [1.82, 2.24) is 4.98 Å². The van der Waals surface area contributed by atoms with Crippen molar-refractivity contribution in [3.8, 4) is 11.5 Å². The van der Waals surface area contributed by atoms with Crippen LogP contribution in [0.15, 0.2) is 54.9 Å². The van der Waals surface area contributed by atoms with E-state index in [1.165, 1.54) is 56.6 Å². The normalized spacial score (nSPS) is 10.3. The zero-order valence-corrected chi connectivity index (χ0v) is 16.2. The predicted molar refractivity (Wildman–Crippen MR) is 105 cm³/mol. The lowest BCUT2D eigenvalue weighted by atomic mass is 10.0. The van der Waals surface area contributed by atoms with Gasteiger partial charge in [0.15, 0.2) is 12.4 Å². The lowest BCUT2D eigenvalue weighted by Gasteiger charge is -2.12. The van der Waals surface area contributed by atoms with Crippen LogP contribution >= 0.6 is 0 Å². The number of ketones is 1. The predicted octanol–water partition coefficient (Wildman–Crippen LogP) is 3.13. The van der Waals surface area contributed by atoms with Crippen LogP contribution in [-0.2, 0) is 14.3 Å². The number of ether oxygens (including phenoxy) is 3. The van der Waals surface area contributed by atoms with Gasteiger partial charge in [0, 0.05) is 42.6 Å². The third-order valence-corrected chi connectivity index (χ3v) is 4.00. The van der Waals surface area contributed by atoms with Crippen molar-refractivity contribution < 1.29 is 33.4 Å². The molecular formula is C22H17NO7. The van der Waals surface area contributed by atoms with Gasteiger partial charge in [0.25, 0.3) is 0 Å². The molecule has 0 aliphatic rings. The Kier molecular flexibility index (Phi) is 6.17. The summed E-state index contributed by atoms with van der Waals surface area (Å²) in [6.07, 6.45) is 2.85. The Bertz CT molecular complexity index is 1140. The SMILES string of the molecule is CC(=O)Oc1ccc(OC(C)=O)c2cc(C(=O)COC(=O)c3cccnc3)ccc12. The zero-order chi connectivity index (χ0) is 21.7. The van der Waals surface area contributed by atoms with Crippen molar-refractivity contribution in [1.29, 1.82) is 0 Å². The summed E-state index contributed by atoms with van der Waals surface area (Å²) >= 11 is 0. The summed E-state index contributed by atoms with van der Waals surface area (Å²) in [5, 5.41) is 0.876. The van der Waals surface area contributed by atoms with Gasteiger partial charge in [-0.3, -0.25) is 19.4 Å². The highest BCUT2D eigenvalue weighted by Gasteiger charge is 2.16. The number of hydrogen-bond donors (Lipinski definition) is 0. The standard InChI is InChI=1S/C22H17NO7/c1-13(24)29-20-7-8-21(30-14(2)25)18-10-15(5-6-17(18)20)19(26)12-28-22(27)16-4-3-9-23-11-16/h3-11H,12H2,1-2H3. The molecular weight excluding hydrogens is 390 g/mol. The van der Waals surface area contributed by atoms with Gasteiger partial charge in [0.1, 0.15) is 11.5 Å². The van der Waals surface area contributed by atoms with E-state index in [1.807, 2.05) is 0 Å². The number of carbonyl (C=O) groups is 4. The topological polar surface area (TPSA) is 109 Å². The van der Waals surface area contributed by atoms with E-state index in [0.717, 1.165) is 0 Å². The largest absolute Gasteiger partial charge is 0.454 e. The second-order valence-corrected chi connectivity index (χ2v) is 6.25. The van der Waals surface area contributed by atoms with Crippen LogP contribution in [0.25, 0.3) is 10.8 Å². The highest BCUT2D eigenvalue weighted by Crippen LogP contribution is 2.34. The number of benzene rings is 2. The molecule has 30 heavy (non-hydrogen) atoms. The van der Waals surface area contributed by atoms with E-state index in [-0.39, 0.29) is 22.6 Å². The molecule has 0 saturated carbocycles. The van der Waals surface area contributed by atoms with E-state index in [0.29, 0.717) is 10.8 Å². The van der Waals surface area contributed by atoms with E-state index in [9.17, 15) is 19.2 Å². The van der Waals surface area contributed by atoms with Gasteiger partial charge >= 0.3 is 17.9 Å². The second kappa shape index (κ2) is 8.95. The van der Waals surface area contributed by atoms with Crippen LogP contribution in [0.2, 0.25) is 0 Å². The van der Waals surface area contributed by atoms with Gasteiger partial charge in [-0.2, -0.15) is 0 Å². The second-order valence-electron chi connectivity index (χ2n) is 6.25. The van der Waals surface area contributed by atoms with Crippen molar-refractivity contribution in [3.63, 3.8) is 0 Å². The number of nitrogens with zero attached hydrogens (tertiary/aromatic N) is 1. The lowest BCUT2D eigenvalue weighted by molar-refractivity contribution is -0.132. The summed E-state index contributed by atoms with van der Waals surface area (Å²) in [5.74, 6) is -1.72. The van der Waals surface area contributed by atoms with Crippen LogP contribution in [0.5, 0.6) is 11.5 Å². The minimum atomic E-state index is -0.671. The van der Waals surface area contributed by atoms with Crippen LogP contribution in [-0.4, -0.2) is 35.3 Å². The van der Waals surface area contributed by atoms with Crippen LogP contribution in [0.4, 0.5) is 0 Å². The van der Waals surface area contributed by atoms with Gasteiger partial charge < -0.3 is 14.2 Å². The molecule has 3 aromatic rings. The maximum atomic E-state index is 12.5. The Labute approximate surface area is 171 Å². The lowest BCUT2D eigenvalue weighted by Crippen LogP contribution is -2.14. The van der Waals surface area contributed by atoms with Crippen molar-refractivity contribution in [2.75, 3.05) is 6.61 Å². The molecule has 0 aliphatic carbocycles. The van der Waals surface area contributed by atoms with Gasteiger partial charge in [-0.1, -0.05) is 6.07 Å². The summed E-state index contributed by atoms with van der Waals surface area (Å²) in [6, 6.07) is 10.6. The Balaban J connectivity index is 1.88. The molecule has 8 nitrogen and oxygen atoms in total. The Hall–Kier alpha value is -4.07. The minimum Gasteiger partial charge on any atom is -0.454 e. The van der Waals surface area contributed by atoms with Gasteiger partial charge in [-0.15, -0.1) is 0 Å². The number of hydrogen-bond acceptors (Lipinski definition) is 8. The first-order valence-corrected chi connectivity index (χ1v) is 8.89. The zero-order valence-electron chi connectivity index (χ0n) is 16.2. The number of aromatic nitrogens is 1. The average molecular weight is 407 g/mol. The molecule has 1 aromatic heterocycles. The number of esters is 3. The fourth-order valence-electron chi connectivity index (χ4n) is 2.74. The van der Waals surface area contributed by atoms with E-state index in [1.54, 1.807) is 12.1 Å². The van der Waals surface area contributed by atoms with E-state index in [4.69, 9.17) is 14.2 Å². The molecule has 0 bridgehead atoms. The Morgan fingerprint density at radius 3 is 2.10 bits per heavy atom. The first kappa shape index (κ1) is 20.7. The fraction of sp³-hybridized carbons (Fsp3) is 0.136. The fourth-order valence-corrected chi connectivity index (χ4v) is 2.74. The maximum Gasteiger partial charge on any atom is 0.340 e. The minimum absolute atomic E-state index is 0.204. The monoisotopic (exact) mass is 407 g/mol. The molecule has 0 amide bonds. The highest BCUT2D eigenvalue weighted by atomic mass is 16.5. The van der Waals surface area contributed by atoms with E-state index < -0.39 is 30.3 Å². The maximum absolute atomic E-state index is 12.5. The van der Waals surface area contributed by atoms with Crippen LogP contribution < -0.4 is 9.47 Å². The molecule has 0 fully saturated rings. The van der Waals surface area contributed by atoms with Crippen LogP contribution in [0, 0.1) is 0 Å². The molecule has 0 radical (unpaired) electrons. The van der Waals surface area contributed by atoms with Crippen LogP contribution in [0.1, 0.15) is 34.6 Å². The summed E-state index contributed by atoms with van der Waals surface area (Å²) in [4.78, 5) is 51.1. The molecule has 0 saturated heterocycles. The number of pyridine rings is 1. The molecule has 0 aliphatic heterocycles. The number of carbonyl (C=O) groups excluding carboxylic acids is 4. The molecule has 0 unspecified atom stereocenters. The van der Waals surface area contributed by atoms with Gasteiger partial charge in [0.2, 0.25) is 0 Å². The first-order chi connectivity index (χ1) is 14.3.